The van der Waals surface area contributed by atoms with E-state index in [1.807, 2.05) is 11.9 Å². The highest BCUT2D eigenvalue weighted by Crippen LogP contribution is 2.25. The summed E-state index contributed by atoms with van der Waals surface area (Å²) >= 11 is 0. The summed E-state index contributed by atoms with van der Waals surface area (Å²) in [6.45, 7) is 0.889. The Hall–Kier alpha value is -2.15. The Labute approximate surface area is 116 Å². The van der Waals surface area contributed by atoms with Crippen molar-refractivity contribution in [3.8, 4) is 0 Å². The van der Waals surface area contributed by atoms with Crippen LogP contribution < -0.4 is 11.1 Å². The highest BCUT2D eigenvalue weighted by atomic mass is 16.6. The molecule has 7 heteroatoms. The summed E-state index contributed by atoms with van der Waals surface area (Å²) in [7, 11) is 1.91. The van der Waals surface area contributed by atoms with Crippen molar-refractivity contribution in [2.45, 2.75) is 25.3 Å². The van der Waals surface area contributed by atoms with Crippen LogP contribution in [0.1, 0.15) is 19.3 Å². The third kappa shape index (κ3) is 3.05. The van der Waals surface area contributed by atoms with E-state index in [9.17, 15) is 14.9 Å². The number of carbonyl (C=O) groups excluding carboxylic acids is 1. The maximum absolute atomic E-state index is 12.2. The quantitative estimate of drug-likeness (QED) is 0.497. The smallest absolute Gasteiger partial charge is 0.294 e. The summed E-state index contributed by atoms with van der Waals surface area (Å²) in [5.41, 5.74) is 5.81. The van der Waals surface area contributed by atoms with Crippen LogP contribution in [-0.4, -0.2) is 35.4 Å². The molecule has 2 rings (SSSR count). The molecular formula is C13H18N4O3. The van der Waals surface area contributed by atoms with Gasteiger partial charge >= 0.3 is 0 Å². The number of hydrogen-bond acceptors (Lipinski definition) is 5. The number of nitrogens with two attached hydrogens (primary N) is 1. The number of nitrogens with zero attached hydrogens (tertiary/aromatic N) is 2. The molecule has 1 atom stereocenters. The second kappa shape index (κ2) is 5.87. The zero-order valence-electron chi connectivity index (χ0n) is 11.3. The van der Waals surface area contributed by atoms with Gasteiger partial charge in [0, 0.05) is 11.8 Å². The lowest BCUT2D eigenvalue weighted by Gasteiger charge is -2.31. The van der Waals surface area contributed by atoms with E-state index in [1.54, 1.807) is 6.07 Å². The Morgan fingerprint density at radius 2 is 2.25 bits per heavy atom. The highest BCUT2D eigenvalue weighted by Gasteiger charge is 2.26. The Balaban J connectivity index is 2.11. The van der Waals surface area contributed by atoms with E-state index in [-0.39, 0.29) is 23.3 Å². The number of nitro groups is 1. The maximum Gasteiger partial charge on any atom is 0.294 e. The number of amides is 1. The van der Waals surface area contributed by atoms with Crippen LogP contribution in [0.2, 0.25) is 0 Å². The zero-order chi connectivity index (χ0) is 14.7. The molecular weight excluding hydrogens is 260 g/mol. The molecule has 3 N–H and O–H groups in total. The van der Waals surface area contributed by atoms with E-state index in [0.29, 0.717) is 5.69 Å². The van der Waals surface area contributed by atoms with Crippen LogP contribution in [-0.2, 0) is 4.79 Å². The number of carbonyl (C=O) groups is 1. The van der Waals surface area contributed by atoms with Gasteiger partial charge in [-0.05, 0) is 38.6 Å². The van der Waals surface area contributed by atoms with Gasteiger partial charge in [0.25, 0.3) is 5.69 Å². The molecule has 1 heterocycles. The average molecular weight is 278 g/mol. The summed E-state index contributed by atoms with van der Waals surface area (Å²) in [5.74, 6) is -0.133. The van der Waals surface area contributed by atoms with E-state index in [2.05, 4.69) is 5.32 Å². The summed E-state index contributed by atoms with van der Waals surface area (Å²) in [5, 5.41) is 13.5. The lowest BCUT2D eigenvalue weighted by Crippen LogP contribution is -2.44. The van der Waals surface area contributed by atoms with Crippen molar-refractivity contribution >= 4 is 23.0 Å². The monoisotopic (exact) mass is 278 g/mol. The van der Waals surface area contributed by atoms with Crippen LogP contribution in [0.4, 0.5) is 17.1 Å². The van der Waals surface area contributed by atoms with E-state index >= 15 is 0 Å². The summed E-state index contributed by atoms with van der Waals surface area (Å²) < 4.78 is 0. The number of anilines is 2. The molecule has 0 spiro atoms. The summed E-state index contributed by atoms with van der Waals surface area (Å²) in [6.07, 6.45) is 2.91. The van der Waals surface area contributed by atoms with Gasteiger partial charge in [-0.1, -0.05) is 6.42 Å². The van der Waals surface area contributed by atoms with Crippen LogP contribution in [0, 0.1) is 10.1 Å². The molecule has 0 aliphatic carbocycles. The molecule has 1 fully saturated rings. The highest BCUT2D eigenvalue weighted by molar-refractivity contribution is 5.95. The van der Waals surface area contributed by atoms with E-state index in [0.717, 1.165) is 25.8 Å². The molecule has 1 aromatic carbocycles. The molecule has 0 bridgehead atoms. The number of nitrogens with one attached hydrogen (secondary N) is 1. The number of rotatable bonds is 3. The first-order valence-corrected chi connectivity index (χ1v) is 6.54. The molecule has 0 radical (unpaired) electrons. The van der Waals surface area contributed by atoms with Gasteiger partial charge in [-0.15, -0.1) is 0 Å². The molecule has 1 aliphatic rings. The molecule has 1 unspecified atom stereocenters. The summed E-state index contributed by atoms with van der Waals surface area (Å²) in [6, 6.07) is 4.11. The van der Waals surface area contributed by atoms with Crippen LogP contribution in [0.25, 0.3) is 0 Å². The number of likely N-dealkylation sites (N-methyl/N-ethyl adjacent to an activating group) is 1. The van der Waals surface area contributed by atoms with Crippen LogP contribution in [0.3, 0.4) is 0 Å². The lowest BCUT2D eigenvalue weighted by atomic mass is 10.0. The number of piperidine rings is 1. The molecule has 1 saturated heterocycles. The standard InChI is InChI=1S/C13H18N4O3/c1-16-7-3-2-4-11(16)13(18)15-9-5-6-10(14)12(8-9)17(19)20/h5-6,8,11H,2-4,7,14H2,1H3,(H,15,18). The van der Waals surface area contributed by atoms with Crippen molar-refractivity contribution in [2.24, 2.45) is 0 Å². The number of nitrogen functional groups attached to an aromatic ring is 1. The topological polar surface area (TPSA) is 102 Å². The van der Waals surface area contributed by atoms with E-state index in [4.69, 9.17) is 5.73 Å². The maximum atomic E-state index is 12.2. The van der Waals surface area contributed by atoms with Crippen molar-refractivity contribution in [3.63, 3.8) is 0 Å². The van der Waals surface area contributed by atoms with Gasteiger partial charge in [-0.3, -0.25) is 19.8 Å². The molecule has 1 aromatic rings. The fraction of sp³-hybridized carbons (Fsp3) is 0.462. The minimum absolute atomic E-state index is 0.0859. The number of nitro benzene ring substituents is 1. The van der Waals surface area contributed by atoms with Crippen molar-refractivity contribution in [1.82, 2.24) is 4.90 Å². The molecule has 108 valence electrons. The predicted molar refractivity (Wildman–Crippen MR) is 76.4 cm³/mol. The van der Waals surface area contributed by atoms with Crippen molar-refractivity contribution in [1.29, 1.82) is 0 Å². The number of benzene rings is 1. The molecule has 0 saturated carbocycles. The fourth-order valence-corrected chi connectivity index (χ4v) is 2.41. The molecule has 1 amide bonds. The van der Waals surface area contributed by atoms with Gasteiger partial charge in [0.1, 0.15) is 5.69 Å². The van der Waals surface area contributed by atoms with Crippen LogP contribution in [0.5, 0.6) is 0 Å². The zero-order valence-corrected chi connectivity index (χ0v) is 11.3. The Morgan fingerprint density at radius 3 is 2.90 bits per heavy atom. The van der Waals surface area contributed by atoms with E-state index in [1.165, 1.54) is 12.1 Å². The minimum Gasteiger partial charge on any atom is -0.393 e. The Morgan fingerprint density at radius 1 is 1.50 bits per heavy atom. The van der Waals surface area contributed by atoms with Gasteiger partial charge in [0.05, 0.1) is 11.0 Å². The van der Waals surface area contributed by atoms with Gasteiger partial charge in [-0.25, -0.2) is 0 Å². The second-order valence-electron chi connectivity index (χ2n) is 5.01. The second-order valence-corrected chi connectivity index (χ2v) is 5.01. The van der Waals surface area contributed by atoms with Gasteiger partial charge in [0.2, 0.25) is 5.91 Å². The first-order valence-electron chi connectivity index (χ1n) is 6.54. The molecule has 20 heavy (non-hydrogen) atoms. The lowest BCUT2D eigenvalue weighted by molar-refractivity contribution is -0.383. The average Bonchev–Trinajstić information content (AvgIpc) is 2.41. The first-order chi connectivity index (χ1) is 9.49. The SMILES string of the molecule is CN1CCCCC1C(=O)Nc1ccc(N)c([N+](=O)[O-])c1. The van der Waals surface area contributed by atoms with Gasteiger partial charge < -0.3 is 11.1 Å². The van der Waals surface area contributed by atoms with Crippen LogP contribution >= 0.6 is 0 Å². The van der Waals surface area contributed by atoms with Crippen molar-refractivity contribution in [2.75, 3.05) is 24.6 Å². The largest absolute Gasteiger partial charge is 0.393 e. The number of hydrogen-bond donors (Lipinski definition) is 2. The van der Waals surface area contributed by atoms with Crippen molar-refractivity contribution < 1.29 is 9.72 Å². The third-order valence-corrected chi connectivity index (χ3v) is 3.57. The first kappa shape index (κ1) is 14.3. The fourth-order valence-electron chi connectivity index (χ4n) is 2.41. The normalized spacial score (nSPS) is 19.6. The Bertz CT molecular complexity index is 532. The summed E-state index contributed by atoms with van der Waals surface area (Å²) in [4.78, 5) is 24.5. The predicted octanol–water partition coefficient (Wildman–Crippen LogP) is 1.60. The molecule has 0 aromatic heterocycles. The third-order valence-electron chi connectivity index (χ3n) is 3.57. The van der Waals surface area contributed by atoms with Crippen LogP contribution in [0.15, 0.2) is 18.2 Å². The van der Waals surface area contributed by atoms with E-state index < -0.39 is 4.92 Å². The Kier molecular flexibility index (Phi) is 4.19. The minimum atomic E-state index is -0.558. The van der Waals surface area contributed by atoms with Gasteiger partial charge in [-0.2, -0.15) is 0 Å². The molecule has 7 nitrogen and oxygen atoms in total. The van der Waals surface area contributed by atoms with Gasteiger partial charge in [0.15, 0.2) is 0 Å². The number of likely N-dealkylation sites (tertiary alicyclic amines) is 1. The molecule has 1 aliphatic heterocycles. The van der Waals surface area contributed by atoms with Crippen molar-refractivity contribution in [3.05, 3.63) is 28.3 Å².